The number of halogens is 1. The Bertz CT molecular complexity index is 523. The Morgan fingerprint density at radius 3 is 2.31 bits per heavy atom. The highest BCUT2D eigenvalue weighted by molar-refractivity contribution is 6.30. The van der Waals surface area contributed by atoms with Gasteiger partial charge in [0.2, 0.25) is 0 Å². The van der Waals surface area contributed by atoms with Crippen LogP contribution in [0.1, 0.15) is 27.4 Å². The molecule has 0 spiro atoms. The van der Waals surface area contributed by atoms with Gasteiger partial charge in [-0.25, -0.2) is 0 Å². The summed E-state index contributed by atoms with van der Waals surface area (Å²) in [4.78, 5) is 12.1. The number of carbonyl (C=O) groups is 1. The minimum Gasteiger partial charge on any atom is -0.466 e. The number of hydrogen-bond donors (Lipinski definition) is 0. The zero-order valence-electron chi connectivity index (χ0n) is 9.08. The van der Waals surface area contributed by atoms with Gasteiger partial charge in [-0.15, -0.1) is 0 Å². The van der Waals surface area contributed by atoms with Crippen molar-refractivity contribution >= 4 is 17.4 Å². The van der Waals surface area contributed by atoms with Gasteiger partial charge in [0.1, 0.15) is 11.5 Å². The van der Waals surface area contributed by atoms with Crippen LogP contribution < -0.4 is 0 Å². The lowest BCUT2D eigenvalue weighted by atomic mass is 10.0. The first-order valence-corrected chi connectivity index (χ1v) is 5.33. The molecule has 0 bridgehead atoms. The normalized spacial score (nSPS) is 10.4. The number of rotatable bonds is 2. The molecule has 0 saturated heterocycles. The maximum atomic E-state index is 12.1. The SMILES string of the molecule is Cc1cc(C(=O)c2ccc(Cl)cc2)c(C)o1. The maximum Gasteiger partial charge on any atom is 0.196 e. The van der Waals surface area contributed by atoms with E-state index in [1.54, 1.807) is 37.3 Å². The molecule has 0 aliphatic rings. The first-order valence-electron chi connectivity index (χ1n) is 4.95. The number of ketones is 1. The minimum atomic E-state index is -0.0361. The molecule has 1 aromatic carbocycles. The molecule has 0 fully saturated rings. The summed E-state index contributed by atoms with van der Waals surface area (Å²) in [7, 11) is 0. The van der Waals surface area contributed by atoms with Gasteiger partial charge in [-0.1, -0.05) is 11.6 Å². The second-order valence-electron chi connectivity index (χ2n) is 3.66. The van der Waals surface area contributed by atoms with Crippen molar-refractivity contribution in [1.82, 2.24) is 0 Å². The summed E-state index contributed by atoms with van der Waals surface area (Å²) in [6.45, 7) is 3.61. The summed E-state index contributed by atoms with van der Waals surface area (Å²) in [6.07, 6.45) is 0. The van der Waals surface area contributed by atoms with Crippen molar-refractivity contribution in [3.63, 3.8) is 0 Å². The van der Waals surface area contributed by atoms with Gasteiger partial charge in [-0.3, -0.25) is 4.79 Å². The van der Waals surface area contributed by atoms with E-state index in [0.29, 0.717) is 21.9 Å². The van der Waals surface area contributed by atoms with Gasteiger partial charge in [0.15, 0.2) is 5.78 Å². The third-order valence-corrected chi connectivity index (χ3v) is 2.64. The molecule has 0 amide bonds. The summed E-state index contributed by atoms with van der Waals surface area (Å²) in [5, 5.41) is 0.622. The van der Waals surface area contributed by atoms with Crippen LogP contribution in [0.5, 0.6) is 0 Å². The van der Waals surface area contributed by atoms with Crippen molar-refractivity contribution in [2.75, 3.05) is 0 Å². The summed E-state index contributed by atoms with van der Waals surface area (Å²) >= 11 is 5.77. The van der Waals surface area contributed by atoms with Crippen molar-refractivity contribution in [2.45, 2.75) is 13.8 Å². The maximum absolute atomic E-state index is 12.1. The van der Waals surface area contributed by atoms with E-state index in [9.17, 15) is 4.79 Å². The molecule has 0 unspecified atom stereocenters. The van der Waals surface area contributed by atoms with Crippen molar-refractivity contribution < 1.29 is 9.21 Å². The highest BCUT2D eigenvalue weighted by Gasteiger charge is 2.15. The van der Waals surface area contributed by atoms with Crippen molar-refractivity contribution in [1.29, 1.82) is 0 Å². The van der Waals surface area contributed by atoms with Crippen LogP contribution in [0, 0.1) is 13.8 Å². The standard InChI is InChI=1S/C13H11ClO2/c1-8-7-12(9(2)16-8)13(15)10-3-5-11(14)6-4-10/h3-7H,1-2H3. The molecule has 0 radical (unpaired) electrons. The zero-order valence-corrected chi connectivity index (χ0v) is 9.84. The number of hydrogen-bond acceptors (Lipinski definition) is 2. The lowest BCUT2D eigenvalue weighted by Gasteiger charge is -1.99. The van der Waals surface area contributed by atoms with E-state index in [2.05, 4.69) is 0 Å². The monoisotopic (exact) mass is 234 g/mol. The van der Waals surface area contributed by atoms with Gasteiger partial charge in [-0.2, -0.15) is 0 Å². The van der Waals surface area contributed by atoms with Gasteiger partial charge in [-0.05, 0) is 44.2 Å². The van der Waals surface area contributed by atoms with E-state index in [1.807, 2.05) is 6.92 Å². The van der Waals surface area contributed by atoms with E-state index in [-0.39, 0.29) is 5.78 Å². The minimum absolute atomic E-state index is 0.0361. The molecule has 0 aliphatic carbocycles. The average molecular weight is 235 g/mol. The van der Waals surface area contributed by atoms with Crippen LogP contribution in [0.3, 0.4) is 0 Å². The fourth-order valence-corrected chi connectivity index (χ4v) is 1.74. The molecule has 2 nitrogen and oxygen atoms in total. The fraction of sp³-hybridized carbons (Fsp3) is 0.154. The second kappa shape index (κ2) is 4.14. The topological polar surface area (TPSA) is 30.2 Å². The number of benzene rings is 1. The summed E-state index contributed by atoms with van der Waals surface area (Å²) in [6, 6.07) is 8.60. The number of carbonyl (C=O) groups excluding carboxylic acids is 1. The van der Waals surface area contributed by atoms with Crippen LogP contribution in [0.15, 0.2) is 34.7 Å². The quantitative estimate of drug-likeness (QED) is 0.741. The summed E-state index contributed by atoms with van der Waals surface area (Å²) in [5.41, 5.74) is 1.23. The van der Waals surface area contributed by atoms with Crippen LogP contribution in [0.4, 0.5) is 0 Å². The molecule has 0 saturated carbocycles. The van der Waals surface area contributed by atoms with E-state index in [0.717, 1.165) is 5.76 Å². The van der Waals surface area contributed by atoms with Crippen molar-refractivity contribution in [3.05, 3.63) is 58.0 Å². The van der Waals surface area contributed by atoms with Gasteiger partial charge < -0.3 is 4.42 Å². The number of aryl methyl sites for hydroxylation is 2. The lowest BCUT2D eigenvalue weighted by molar-refractivity contribution is 0.103. The van der Waals surface area contributed by atoms with Crippen LogP contribution in [-0.4, -0.2) is 5.78 Å². The lowest BCUT2D eigenvalue weighted by Crippen LogP contribution is -2.00. The third kappa shape index (κ3) is 2.02. The molecule has 1 heterocycles. The van der Waals surface area contributed by atoms with E-state index in [4.69, 9.17) is 16.0 Å². The molecule has 82 valence electrons. The Kier molecular flexibility index (Phi) is 2.84. The molecule has 16 heavy (non-hydrogen) atoms. The fourth-order valence-electron chi connectivity index (χ4n) is 1.61. The Balaban J connectivity index is 2.39. The van der Waals surface area contributed by atoms with Crippen LogP contribution in [0.25, 0.3) is 0 Å². The van der Waals surface area contributed by atoms with Crippen LogP contribution in [0.2, 0.25) is 5.02 Å². The largest absolute Gasteiger partial charge is 0.466 e. The van der Waals surface area contributed by atoms with E-state index < -0.39 is 0 Å². The average Bonchev–Trinajstić information content (AvgIpc) is 2.58. The Morgan fingerprint density at radius 1 is 1.19 bits per heavy atom. The van der Waals surface area contributed by atoms with Crippen molar-refractivity contribution in [3.8, 4) is 0 Å². The van der Waals surface area contributed by atoms with Gasteiger partial charge in [0, 0.05) is 10.6 Å². The Hall–Kier alpha value is -1.54. The highest BCUT2D eigenvalue weighted by Crippen LogP contribution is 2.19. The Labute approximate surface area is 98.8 Å². The van der Waals surface area contributed by atoms with Crippen molar-refractivity contribution in [2.24, 2.45) is 0 Å². The van der Waals surface area contributed by atoms with Gasteiger partial charge in [0.05, 0.1) is 5.56 Å². The molecule has 0 atom stereocenters. The zero-order chi connectivity index (χ0) is 11.7. The summed E-state index contributed by atoms with van der Waals surface area (Å²) < 4.78 is 5.33. The highest BCUT2D eigenvalue weighted by atomic mass is 35.5. The molecule has 2 aromatic rings. The molecule has 0 N–H and O–H groups in total. The van der Waals surface area contributed by atoms with E-state index >= 15 is 0 Å². The first kappa shape index (κ1) is 11.0. The molecular formula is C13H11ClO2. The van der Waals surface area contributed by atoms with E-state index in [1.165, 1.54) is 0 Å². The summed E-state index contributed by atoms with van der Waals surface area (Å²) in [5.74, 6) is 1.36. The van der Waals surface area contributed by atoms with Crippen LogP contribution >= 0.6 is 11.6 Å². The Morgan fingerprint density at radius 2 is 1.81 bits per heavy atom. The first-order chi connectivity index (χ1) is 7.58. The third-order valence-electron chi connectivity index (χ3n) is 2.39. The predicted octanol–water partition coefficient (Wildman–Crippen LogP) is 3.78. The van der Waals surface area contributed by atoms with Crippen LogP contribution in [-0.2, 0) is 0 Å². The predicted molar refractivity (Wildman–Crippen MR) is 63.1 cm³/mol. The molecular weight excluding hydrogens is 224 g/mol. The molecule has 0 aliphatic heterocycles. The number of furan rings is 1. The smallest absolute Gasteiger partial charge is 0.196 e. The molecule has 3 heteroatoms. The van der Waals surface area contributed by atoms with Gasteiger partial charge >= 0.3 is 0 Å². The second-order valence-corrected chi connectivity index (χ2v) is 4.10. The molecule has 2 rings (SSSR count). The molecule has 1 aromatic heterocycles. The van der Waals surface area contributed by atoms with Gasteiger partial charge in [0.25, 0.3) is 0 Å².